The normalized spacial score (nSPS) is 20.0. The van der Waals surface area contributed by atoms with Gasteiger partial charge in [0.2, 0.25) is 0 Å². The Balaban J connectivity index is 2.32. The molecule has 0 saturated carbocycles. The molecule has 0 aliphatic carbocycles. The molecule has 0 aromatic heterocycles. The Morgan fingerprint density at radius 1 is 1.32 bits per heavy atom. The van der Waals surface area contributed by atoms with Crippen LogP contribution in [0.5, 0.6) is 0 Å². The first kappa shape index (κ1) is 17.0. The summed E-state index contributed by atoms with van der Waals surface area (Å²) < 4.78 is 12.0. The molecule has 1 saturated heterocycles. The van der Waals surface area contributed by atoms with E-state index in [-0.39, 0.29) is 0 Å². The number of nitriles is 1. The number of hydrogen-bond donors (Lipinski definition) is 1. The van der Waals surface area contributed by atoms with Crippen molar-refractivity contribution in [2.45, 2.75) is 38.9 Å². The molecule has 0 radical (unpaired) electrons. The molecule has 6 heteroatoms. The van der Waals surface area contributed by atoms with Crippen molar-refractivity contribution in [1.82, 2.24) is 0 Å². The van der Waals surface area contributed by atoms with Crippen LogP contribution in [0.4, 0.5) is 0 Å². The van der Waals surface area contributed by atoms with Crippen molar-refractivity contribution < 1.29 is 9.31 Å². The maximum atomic E-state index is 8.88. The second-order valence-corrected chi connectivity index (χ2v) is 6.77. The van der Waals surface area contributed by atoms with E-state index in [4.69, 9.17) is 31.9 Å². The van der Waals surface area contributed by atoms with Crippen LogP contribution < -0.4 is 5.73 Å². The van der Waals surface area contributed by atoms with Gasteiger partial charge in [-0.2, -0.15) is 5.26 Å². The van der Waals surface area contributed by atoms with Crippen molar-refractivity contribution in [3.63, 3.8) is 0 Å². The summed E-state index contributed by atoms with van der Waals surface area (Å²) in [5.74, 6) is 0. The smallest absolute Gasteiger partial charge is 0.400 e. The monoisotopic (exact) mass is 318 g/mol. The van der Waals surface area contributed by atoms with Crippen molar-refractivity contribution in [2.75, 3.05) is 6.54 Å². The van der Waals surface area contributed by atoms with Gasteiger partial charge in [-0.25, -0.2) is 0 Å². The number of hydrogen-bond acceptors (Lipinski definition) is 4. The number of benzene rings is 1. The van der Waals surface area contributed by atoms with Gasteiger partial charge in [0, 0.05) is 11.6 Å². The zero-order valence-corrected chi connectivity index (χ0v) is 14.1. The Morgan fingerprint density at radius 3 is 2.36 bits per heavy atom. The highest BCUT2D eigenvalue weighted by Crippen LogP contribution is 2.38. The topological polar surface area (TPSA) is 68.3 Å². The van der Waals surface area contributed by atoms with E-state index in [0.29, 0.717) is 17.1 Å². The standard InChI is InChI=1S/C16H20BClN2O2/c1-15(2)16(3,4)22-17(21-15)13(10-20)8-12-6-5-11(9-19)7-14(12)18/h5-8H,10,20H2,1-4H3. The third-order valence-electron chi connectivity index (χ3n) is 4.26. The van der Waals surface area contributed by atoms with Crippen molar-refractivity contribution in [3.05, 3.63) is 39.8 Å². The highest BCUT2D eigenvalue weighted by molar-refractivity contribution is 6.56. The molecule has 1 aromatic carbocycles. The van der Waals surface area contributed by atoms with E-state index in [0.717, 1.165) is 11.0 Å². The molecular formula is C16H20BClN2O2. The Hall–Kier alpha value is -1.32. The minimum absolute atomic E-state index is 0.299. The van der Waals surface area contributed by atoms with Crippen LogP contribution in [0.1, 0.15) is 38.8 Å². The summed E-state index contributed by atoms with van der Waals surface area (Å²) in [6, 6.07) is 7.20. The molecule has 116 valence electrons. The summed E-state index contributed by atoms with van der Waals surface area (Å²) in [5, 5.41) is 9.39. The van der Waals surface area contributed by atoms with Crippen LogP contribution in [0, 0.1) is 11.3 Å². The van der Waals surface area contributed by atoms with Gasteiger partial charge in [0.25, 0.3) is 0 Å². The summed E-state index contributed by atoms with van der Waals surface area (Å²) in [5.41, 5.74) is 7.15. The Morgan fingerprint density at radius 2 is 1.91 bits per heavy atom. The molecule has 1 aliphatic heterocycles. The van der Waals surface area contributed by atoms with Crippen molar-refractivity contribution in [2.24, 2.45) is 5.73 Å². The van der Waals surface area contributed by atoms with Crippen LogP contribution >= 0.6 is 11.6 Å². The summed E-state index contributed by atoms with van der Waals surface area (Å²) in [6.45, 7) is 8.28. The minimum Gasteiger partial charge on any atom is -0.400 e. The van der Waals surface area contributed by atoms with E-state index in [2.05, 4.69) is 6.07 Å². The van der Waals surface area contributed by atoms with Gasteiger partial charge in [-0.15, -0.1) is 0 Å². The third-order valence-corrected chi connectivity index (χ3v) is 4.59. The quantitative estimate of drug-likeness (QED) is 0.869. The summed E-state index contributed by atoms with van der Waals surface area (Å²) in [6.07, 6.45) is 1.87. The van der Waals surface area contributed by atoms with Gasteiger partial charge in [-0.05, 0) is 50.9 Å². The van der Waals surface area contributed by atoms with E-state index in [1.165, 1.54) is 0 Å². The summed E-state index contributed by atoms with van der Waals surface area (Å²) in [7, 11) is -0.498. The second kappa shape index (κ2) is 6.06. The second-order valence-electron chi connectivity index (χ2n) is 6.36. The van der Waals surface area contributed by atoms with Crippen molar-refractivity contribution >= 4 is 24.8 Å². The molecule has 0 amide bonds. The minimum atomic E-state index is -0.498. The molecule has 0 bridgehead atoms. The van der Waals surface area contributed by atoms with Gasteiger partial charge in [-0.3, -0.25) is 0 Å². The molecule has 1 heterocycles. The van der Waals surface area contributed by atoms with Gasteiger partial charge in [0.15, 0.2) is 0 Å². The average molecular weight is 319 g/mol. The Labute approximate surface area is 137 Å². The SMILES string of the molecule is CC1(C)OB(C(=Cc2ccc(C#N)cc2Cl)CN)OC1(C)C. The van der Waals surface area contributed by atoms with Crippen LogP contribution in [0.15, 0.2) is 23.7 Å². The molecule has 22 heavy (non-hydrogen) atoms. The molecular weight excluding hydrogens is 298 g/mol. The number of halogens is 1. The number of nitrogens with two attached hydrogens (primary N) is 1. The Kier molecular flexibility index (Phi) is 4.69. The van der Waals surface area contributed by atoms with E-state index in [1.54, 1.807) is 18.2 Å². The summed E-state index contributed by atoms with van der Waals surface area (Å²) >= 11 is 6.21. The van der Waals surface area contributed by atoms with Crippen molar-refractivity contribution in [3.8, 4) is 6.07 Å². The molecule has 0 unspecified atom stereocenters. The molecule has 2 rings (SSSR count). The number of rotatable bonds is 3. The van der Waals surface area contributed by atoms with Gasteiger partial charge in [0.1, 0.15) is 0 Å². The maximum Gasteiger partial charge on any atom is 0.491 e. The first-order chi connectivity index (χ1) is 10.2. The van der Waals surface area contributed by atoms with E-state index < -0.39 is 18.3 Å². The zero-order chi connectivity index (χ0) is 16.5. The van der Waals surface area contributed by atoms with Crippen LogP contribution in [-0.2, 0) is 9.31 Å². The third kappa shape index (κ3) is 3.21. The predicted molar refractivity (Wildman–Crippen MR) is 89.3 cm³/mol. The van der Waals surface area contributed by atoms with E-state index in [9.17, 15) is 0 Å². The van der Waals surface area contributed by atoms with Gasteiger partial charge < -0.3 is 15.0 Å². The van der Waals surface area contributed by atoms with Crippen LogP contribution in [0.25, 0.3) is 6.08 Å². The predicted octanol–water partition coefficient (Wildman–Crippen LogP) is 3.19. The molecule has 1 aromatic rings. The molecule has 2 N–H and O–H groups in total. The van der Waals surface area contributed by atoms with Gasteiger partial charge >= 0.3 is 7.12 Å². The number of nitrogens with zero attached hydrogens (tertiary/aromatic N) is 1. The zero-order valence-electron chi connectivity index (χ0n) is 13.3. The Bertz CT molecular complexity index is 634. The molecule has 0 atom stereocenters. The highest BCUT2D eigenvalue weighted by Gasteiger charge is 2.52. The lowest BCUT2D eigenvalue weighted by Gasteiger charge is -2.32. The summed E-state index contributed by atoms with van der Waals surface area (Å²) in [4.78, 5) is 0. The maximum absolute atomic E-state index is 8.88. The molecule has 1 aliphatic rings. The van der Waals surface area contributed by atoms with E-state index >= 15 is 0 Å². The lowest BCUT2D eigenvalue weighted by molar-refractivity contribution is 0.00578. The lowest BCUT2D eigenvalue weighted by atomic mass is 9.77. The largest absolute Gasteiger partial charge is 0.491 e. The lowest BCUT2D eigenvalue weighted by Crippen LogP contribution is -2.41. The van der Waals surface area contributed by atoms with Crippen molar-refractivity contribution in [1.29, 1.82) is 5.26 Å². The van der Waals surface area contributed by atoms with Crippen LogP contribution in [-0.4, -0.2) is 24.9 Å². The van der Waals surface area contributed by atoms with Crippen LogP contribution in [0.2, 0.25) is 5.02 Å². The van der Waals surface area contributed by atoms with Gasteiger partial charge in [-0.1, -0.05) is 23.7 Å². The van der Waals surface area contributed by atoms with Gasteiger partial charge in [0.05, 0.1) is 22.8 Å². The fraction of sp³-hybridized carbons (Fsp3) is 0.438. The average Bonchev–Trinajstić information content (AvgIpc) is 2.65. The molecule has 1 fully saturated rings. The molecule has 0 spiro atoms. The fourth-order valence-corrected chi connectivity index (χ4v) is 2.37. The first-order valence-electron chi connectivity index (χ1n) is 7.16. The fourth-order valence-electron chi connectivity index (χ4n) is 2.13. The van der Waals surface area contributed by atoms with E-state index in [1.807, 2.05) is 33.8 Å². The first-order valence-corrected chi connectivity index (χ1v) is 7.54. The van der Waals surface area contributed by atoms with Crippen LogP contribution in [0.3, 0.4) is 0 Å². The molecule has 4 nitrogen and oxygen atoms in total. The highest BCUT2D eigenvalue weighted by atomic mass is 35.5.